The molecule has 136 valence electrons. The van der Waals surface area contributed by atoms with Crippen molar-refractivity contribution >= 4 is 11.6 Å². The van der Waals surface area contributed by atoms with Crippen molar-refractivity contribution in [3.05, 3.63) is 71.8 Å². The van der Waals surface area contributed by atoms with Crippen LogP contribution in [-0.2, 0) is 5.66 Å². The van der Waals surface area contributed by atoms with Gasteiger partial charge in [-0.05, 0) is 57.5 Å². The van der Waals surface area contributed by atoms with E-state index in [9.17, 15) is 4.79 Å². The minimum atomic E-state index is -0.664. The van der Waals surface area contributed by atoms with Crippen LogP contribution in [0, 0.1) is 0 Å². The van der Waals surface area contributed by atoms with Crippen LogP contribution in [0.25, 0.3) is 0 Å². The summed E-state index contributed by atoms with van der Waals surface area (Å²) in [7, 11) is 0. The molecule has 0 spiro atoms. The molecule has 3 rings (SSSR count). The Kier molecular flexibility index (Phi) is 4.77. The van der Waals surface area contributed by atoms with Crippen molar-refractivity contribution in [2.45, 2.75) is 39.4 Å². The van der Waals surface area contributed by atoms with Crippen molar-refractivity contribution in [1.29, 1.82) is 0 Å². The molecule has 1 heterocycles. The number of amides is 1. The Morgan fingerprint density at radius 1 is 1.23 bits per heavy atom. The van der Waals surface area contributed by atoms with Crippen molar-refractivity contribution in [2.75, 3.05) is 11.9 Å². The molecule has 0 aromatic heterocycles. The van der Waals surface area contributed by atoms with Crippen LogP contribution in [0.2, 0.25) is 0 Å². The summed E-state index contributed by atoms with van der Waals surface area (Å²) < 4.78 is 5.81. The maximum Gasteiger partial charge on any atom is 0.258 e. The van der Waals surface area contributed by atoms with E-state index in [1.54, 1.807) is 0 Å². The standard InChI is InChI=1S/C22H26N2O2/c1-15(2)14-26-18-10-8-9-17(13-18)22(5)23-20-12-7-6-11-19(20)21(25)24(22)16(3)4/h6-13,16,23H,1,14H2,2-5H3. The van der Waals surface area contributed by atoms with E-state index in [1.165, 1.54) is 0 Å². The SMILES string of the molecule is C=C(C)COc1cccc(C2(C)Nc3ccccc3C(=O)N2C(C)C)c1. The van der Waals surface area contributed by atoms with Gasteiger partial charge in [0.05, 0.1) is 5.56 Å². The van der Waals surface area contributed by atoms with Gasteiger partial charge in [-0.3, -0.25) is 4.79 Å². The fraction of sp³-hybridized carbons (Fsp3) is 0.318. The molecule has 1 atom stereocenters. The van der Waals surface area contributed by atoms with Gasteiger partial charge in [0, 0.05) is 17.3 Å². The first kappa shape index (κ1) is 18.1. The minimum Gasteiger partial charge on any atom is -0.489 e. The number of rotatable bonds is 5. The maximum atomic E-state index is 13.2. The summed E-state index contributed by atoms with van der Waals surface area (Å²) >= 11 is 0. The Balaban J connectivity index is 2.05. The Morgan fingerprint density at radius 2 is 1.96 bits per heavy atom. The lowest BCUT2D eigenvalue weighted by atomic mass is 9.92. The van der Waals surface area contributed by atoms with Crippen LogP contribution >= 0.6 is 0 Å². The van der Waals surface area contributed by atoms with Gasteiger partial charge in [-0.1, -0.05) is 30.8 Å². The molecule has 2 aromatic carbocycles. The van der Waals surface area contributed by atoms with Crippen molar-refractivity contribution in [2.24, 2.45) is 0 Å². The summed E-state index contributed by atoms with van der Waals surface area (Å²) in [6.45, 7) is 12.4. The number of hydrogen-bond acceptors (Lipinski definition) is 3. The summed E-state index contributed by atoms with van der Waals surface area (Å²) in [6, 6.07) is 15.6. The Morgan fingerprint density at radius 3 is 2.65 bits per heavy atom. The minimum absolute atomic E-state index is 0.0325. The van der Waals surface area contributed by atoms with Crippen LogP contribution in [0.4, 0.5) is 5.69 Å². The average molecular weight is 350 g/mol. The fourth-order valence-corrected chi connectivity index (χ4v) is 3.49. The van der Waals surface area contributed by atoms with Crippen LogP contribution in [0.3, 0.4) is 0 Å². The van der Waals surface area contributed by atoms with Crippen molar-refractivity contribution in [1.82, 2.24) is 4.90 Å². The number of hydrogen-bond donors (Lipinski definition) is 1. The molecule has 0 radical (unpaired) electrons. The number of fused-ring (bicyclic) bond motifs is 1. The molecular weight excluding hydrogens is 324 g/mol. The zero-order valence-corrected chi connectivity index (χ0v) is 15.9. The number of para-hydroxylation sites is 1. The van der Waals surface area contributed by atoms with Gasteiger partial charge in [0.15, 0.2) is 0 Å². The third-order valence-electron chi connectivity index (χ3n) is 4.63. The molecule has 2 aromatic rings. The van der Waals surface area contributed by atoms with E-state index in [-0.39, 0.29) is 11.9 Å². The van der Waals surface area contributed by atoms with Gasteiger partial charge >= 0.3 is 0 Å². The zero-order valence-electron chi connectivity index (χ0n) is 15.9. The van der Waals surface area contributed by atoms with Gasteiger partial charge in [-0.15, -0.1) is 0 Å². The van der Waals surface area contributed by atoms with Crippen LogP contribution in [0.5, 0.6) is 5.75 Å². The monoisotopic (exact) mass is 350 g/mol. The smallest absolute Gasteiger partial charge is 0.258 e. The third kappa shape index (κ3) is 3.19. The number of anilines is 1. The van der Waals surface area contributed by atoms with Gasteiger partial charge in [0.25, 0.3) is 5.91 Å². The summed E-state index contributed by atoms with van der Waals surface area (Å²) in [4.78, 5) is 15.1. The number of carbonyl (C=O) groups is 1. The van der Waals surface area contributed by atoms with Crippen LogP contribution in [0.15, 0.2) is 60.7 Å². The number of nitrogens with one attached hydrogen (secondary N) is 1. The number of ether oxygens (including phenoxy) is 1. The first-order valence-electron chi connectivity index (χ1n) is 8.91. The molecule has 26 heavy (non-hydrogen) atoms. The largest absolute Gasteiger partial charge is 0.489 e. The van der Waals surface area contributed by atoms with Crippen molar-refractivity contribution < 1.29 is 9.53 Å². The van der Waals surface area contributed by atoms with Gasteiger partial charge < -0.3 is 15.0 Å². The summed E-state index contributed by atoms with van der Waals surface area (Å²) in [5.41, 5.74) is 2.83. The Hall–Kier alpha value is -2.75. The molecule has 1 N–H and O–H groups in total. The van der Waals surface area contributed by atoms with E-state index in [0.717, 1.165) is 22.6 Å². The average Bonchev–Trinajstić information content (AvgIpc) is 2.60. The predicted octanol–water partition coefficient (Wildman–Crippen LogP) is 4.79. The highest BCUT2D eigenvalue weighted by Gasteiger charge is 2.43. The van der Waals surface area contributed by atoms with E-state index in [0.29, 0.717) is 12.2 Å². The van der Waals surface area contributed by atoms with Crippen LogP contribution in [0.1, 0.15) is 43.6 Å². The van der Waals surface area contributed by atoms with E-state index in [4.69, 9.17) is 4.74 Å². The second kappa shape index (κ2) is 6.87. The highest BCUT2D eigenvalue weighted by molar-refractivity contribution is 6.02. The number of carbonyl (C=O) groups excluding carboxylic acids is 1. The van der Waals surface area contributed by atoms with Gasteiger partial charge in [0.1, 0.15) is 18.0 Å². The molecule has 1 amide bonds. The van der Waals surface area contributed by atoms with Gasteiger partial charge in [-0.25, -0.2) is 0 Å². The summed E-state index contributed by atoms with van der Waals surface area (Å²) in [5, 5.41) is 3.58. The second-order valence-corrected chi connectivity index (χ2v) is 7.29. The first-order valence-corrected chi connectivity index (χ1v) is 8.91. The molecule has 1 aliphatic heterocycles. The molecule has 0 aliphatic carbocycles. The maximum absolute atomic E-state index is 13.2. The fourth-order valence-electron chi connectivity index (χ4n) is 3.49. The Bertz CT molecular complexity index is 844. The molecule has 0 fully saturated rings. The van der Waals surface area contributed by atoms with Gasteiger partial charge in [-0.2, -0.15) is 0 Å². The van der Waals surface area contributed by atoms with E-state index >= 15 is 0 Å². The summed E-state index contributed by atoms with van der Waals surface area (Å²) in [6.07, 6.45) is 0. The second-order valence-electron chi connectivity index (χ2n) is 7.29. The molecular formula is C22H26N2O2. The molecule has 1 unspecified atom stereocenters. The lowest BCUT2D eigenvalue weighted by Gasteiger charge is -2.48. The summed E-state index contributed by atoms with van der Waals surface area (Å²) in [5.74, 6) is 0.800. The normalized spacial score (nSPS) is 19.1. The lowest BCUT2D eigenvalue weighted by molar-refractivity contribution is 0.0433. The first-order chi connectivity index (χ1) is 12.3. The topological polar surface area (TPSA) is 41.6 Å². The molecule has 0 saturated heterocycles. The van der Waals surface area contributed by atoms with Crippen molar-refractivity contribution in [3.8, 4) is 5.75 Å². The van der Waals surface area contributed by atoms with Crippen LogP contribution in [-0.4, -0.2) is 23.5 Å². The number of nitrogens with zero attached hydrogens (tertiary/aromatic N) is 1. The zero-order chi connectivity index (χ0) is 18.9. The van der Waals surface area contributed by atoms with Crippen molar-refractivity contribution in [3.63, 3.8) is 0 Å². The van der Waals surface area contributed by atoms with Crippen LogP contribution < -0.4 is 10.1 Å². The quantitative estimate of drug-likeness (QED) is 0.788. The molecule has 0 saturated carbocycles. The predicted molar refractivity (Wildman–Crippen MR) is 105 cm³/mol. The highest BCUT2D eigenvalue weighted by atomic mass is 16.5. The molecule has 1 aliphatic rings. The van der Waals surface area contributed by atoms with E-state index in [2.05, 4.69) is 11.9 Å². The molecule has 4 nitrogen and oxygen atoms in total. The molecule has 0 bridgehead atoms. The van der Waals surface area contributed by atoms with Gasteiger partial charge in [0.2, 0.25) is 0 Å². The lowest BCUT2D eigenvalue weighted by Crippen LogP contribution is -2.58. The highest BCUT2D eigenvalue weighted by Crippen LogP contribution is 2.39. The third-order valence-corrected chi connectivity index (χ3v) is 4.63. The van der Waals surface area contributed by atoms with E-state index < -0.39 is 5.66 Å². The molecule has 4 heteroatoms. The van der Waals surface area contributed by atoms with E-state index in [1.807, 2.05) is 81.1 Å². The Labute approximate surface area is 155 Å². The number of benzene rings is 2.